The van der Waals surface area contributed by atoms with Crippen LogP contribution >= 0.6 is 11.8 Å². The number of halogens is 4. The maximum absolute atomic E-state index is 13.5. The Morgan fingerprint density at radius 1 is 1.22 bits per heavy atom. The predicted octanol–water partition coefficient (Wildman–Crippen LogP) is 3.96. The summed E-state index contributed by atoms with van der Waals surface area (Å²) in [4.78, 5) is 0.435. The highest BCUT2D eigenvalue weighted by Crippen LogP contribution is 2.31. The van der Waals surface area contributed by atoms with E-state index < -0.39 is 17.7 Å². The van der Waals surface area contributed by atoms with Crippen LogP contribution in [-0.4, -0.2) is 16.5 Å². The smallest absolute Gasteiger partial charge is 0.273 e. The molecule has 0 atom stereocenters. The predicted molar refractivity (Wildman–Crippen MR) is 60.8 cm³/mol. The highest BCUT2D eigenvalue weighted by atomic mass is 32.2. The molecular weight excluding hydrogens is 268 g/mol. The van der Waals surface area contributed by atoms with Crippen LogP contribution in [0.2, 0.25) is 0 Å². The van der Waals surface area contributed by atoms with Crippen LogP contribution in [0.25, 0.3) is 11.3 Å². The van der Waals surface area contributed by atoms with E-state index in [-0.39, 0.29) is 5.69 Å². The van der Waals surface area contributed by atoms with Crippen molar-refractivity contribution in [1.29, 1.82) is 0 Å². The van der Waals surface area contributed by atoms with E-state index in [2.05, 4.69) is 5.10 Å². The molecule has 18 heavy (non-hydrogen) atoms. The Bertz CT molecular complexity index is 562. The first-order chi connectivity index (χ1) is 8.41. The third-order valence-electron chi connectivity index (χ3n) is 2.33. The molecule has 0 aliphatic heterocycles. The Morgan fingerprint density at radius 2 is 1.94 bits per heavy atom. The van der Waals surface area contributed by atoms with Crippen LogP contribution in [0.1, 0.15) is 5.69 Å². The van der Waals surface area contributed by atoms with Crippen molar-refractivity contribution in [2.45, 2.75) is 11.1 Å². The van der Waals surface area contributed by atoms with Crippen molar-refractivity contribution in [3.05, 3.63) is 35.8 Å². The van der Waals surface area contributed by atoms with Gasteiger partial charge in [0.2, 0.25) is 0 Å². The molecular formula is C11H8F4N2S. The first kappa shape index (κ1) is 12.9. The lowest BCUT2D eigenvalue weighted by Crippen LogP contribution is -2.04. The molecule has 0 bridgehead atoms. The molecule has 0 aliphatic carbocycles. The van der Waals surface area contributed by atoms with Crippen molar-refractivity contribution in [2.24, 2.45) is 0 Å². The average molecular weight is 276 g/mol. The summed E-state index contributed by atoms with van der Waals surface area (Å²) in [6.45, 7) is 0. The lowest BCUT2D eigenvalue weighted by Gasteiger charge is -2.01. The molecule has 2 rings (SSSR count). The average Bonchev–Trinajstić information content (AvgIpc) is 2.77. The summed E-state index contributed by atoms with van der Waals surface area (Å²) in [5, 5.41) is 5.42. The van der Waals surface area contributed by atoms with Crippen molar-refractivity contribution >= 4 is 11.8 Å². The van der Waals surface area contributed by atoms with Gasteiger partial charge in [0.15, 0.2) is 0 Å². The molecule has 2 nitrogen and oxygen atoms in total. The number of nitrogens with one attached hydrogen (secondary N) is 1. The number of thioether (sulfide) groups is 1. The second-order valence-electron chi connectivity index (χ2n) is 3.51. The number of alkyl halides is 3. The highest BCUT2D eigenvalue weighted by Gasteiger charge is 2.33. The zero-order valence-corrected chi connectivity index (χ0v) is 9.99. The molecule has 2 aromatic rings. The molecule has 0 spiro atoms. The summed E-state index contributed by atoms with van der Waals surface area (Å²) in [6, 6.07) is 5.07. The molecule has 1 N–H and O–H groups in total. The largest absolute Gasteiger partial charge is 0.432 e. The number of hydrogen-bond donors (Lipinski definition) is 1. The van der Waals surface area contributed by atoms with Crippen LogP contribution in [0.5, 0.6) is 0 Å². The zero-order chi connectivity index (χ0) is 13.3. The summed E-state index contributed by atoms with van der Waals surface area (Å²) < 4.78 is 50.6. The summed E-state index contributed by atoms with van der Waals surface area (Å²) in [7, 11) is 0. The van der Waals surface area contributed by atoms with Gasteiger partial charge in [-0.15, -0.1) is 11.8 Å². The highest BCUT2D eigenvalue weighted by molar-refractivity contribution is 7.98. The van der Waals surface area contributed by atoms with Crippen molar-refractivity contribution < 1.29 is 17.6 Å². The molecule has 0 amide bonds. The second kappa shape index (κ2) is 4.64. The van der Waals surface area contributed by atoms with Gasteiger partial charge in [-0.2, -0.15) is 18.3 Å². The molecule has 1 aromatic carbocycles. The van der Waals surface area contributed by atoms with E-state index in [4.69, 9.17) is 0 Å². The van der Waals surface area contributed by atoms with Gasteiger partial charge >= 0.3 is 6.18 Å². The molecule has 0 aliphatic rings. The Morgan fingerprint density at radius 3 is 2.44 bits per heavy atom. The Labute approximate surface area is 104 Å². The molecule has 1 aromatic heterocycles. The van der Waals surface area contributed by atoms with E-state index >= 15 is 0 Å². The lowest BCUT2D eigenvalue weighted by atomic mass is 10.1. The SMILES string of the molecule is CSc1ccc(-c2cc(C(F)(F)F)[nH]n2)cc1F. The third-order valence-corrected chi connectivity index (χ3v) is 3.10. The van der Waals surface area contributed by atoms with Gasteiger partial charge in [0.1, 0.15) is 11.5 Å². The molecule has 0 radical (unpaired) electrons. The van der Waals surface area contributed by atoms with Gasteiger partial charge in [-0.3, -0.25) is 5.10 Å². The zero-order valence-electron chi connectivity index (χ0n) is 9.18. The maximum Gasteiger partial charge on any atom is 0.432 e. The number of benzene rings is 1. The van der Waals surface area contributed by atoms with E-state index in [0.29, 0.717) is 10.5 Å². The molecule has 96 valence electrons. The first-order valence-corrected chi connectivity index (χ1v) is 6.11. The van der Waals surface area contributed by atoms with Gasteiger partial charge in [0.25, 0.3) is 0 Å². The van der Waals surface area contributed by atoms with E-state index in [1.54, 1.807) is 6.26 Å². The van der Waals surface area contributed by atoms with E-state index in [1.165, 1.54) is 30.0 Å². The molecule has 0 saturated carbocycles. The van der Waals surface area contributed by atoms with Crippen LogP contribution in [0.4, 0.5) is 17.6 Å². The van der Waals surface area contributed by atoms with Crippen molar-refractivity contribution in [1.82, 2.24) is 10.2 Å². The van der Waals surface area contributed by atoms with Gasteiger partial charge in [-0.25, -0.2) is 4.39 Å². The standard InChI is InChI=1S/C11H8F4N2S/c1-18-9-3-2-6(4-7(9)12)8-5-10(17-16-8)11(13,14)15/h2-5H,1H3,(H,16,17). The van der Waals surface area contributed by atoms with Crippen molar-refractivity contribution in [3.63, 3.8) is 0 Å². The lowest BCUT2D eigenvalue weighted by molar-refractivity contribution is -0.141. The summed E-state index contributed by atoms with van der Waals surface area (Å²) in [6.07, 6.45) is -2.77. The monoisotopic (exact) mass is 276 g/mol. The van der Waals surface area contributed by atoms with Crippen LogP contribution in [-0.2, 0) is 6.18 Å². The maximum atomic E-state index is 13.5. The van der Waals surface area contributed by atoms with E-state index in [1.807, 2.05) is 5.10 Å². The Hall–Kier alpha value is -1.50. The minimum absolute atomic E-state index is 0.0638. The quantitative estimate of drug-likeness (QED) is 0.664. The number of aromatic nitrogens is 2. The van der Waals surface area contributed by atoms with Gasteiger partial charge < -0.3 is 0 Å². The van der Waals surface area contributed by atoms with Gasteiger partial charge in [0.05, 0.1) is 5.69 Å². The normalized spacial score (nSPS) is 11.8. The van der Waals surface area contributed by atoms with Crippen LogP contribution in [0, 0.1) is 5.82 Å². The number of rotatable bonds is 2. The van der Waals surface area contributed by atoms with E-state index in [0.717, 1.165) is 6.07 Å². The van der Waals surface area contributed by atoms with E-state index in [9.17, 15) is 17.6 Å². The fourth-order valence-corrected chi connectivity index (χ4v) is 1.90. The number of hydrogen-bond acceptors (Lipinski definition) is 2. The van der Waals surface area contributed by atoms with Crippen LogP contribution in [0.3, 0.4) is 0 Å². The summed E-state index contributed by atoms with van der Waals surface area (Å²) in [5.74, 6) is -0.475. The van der Waals surface area contributed by atoms with Gasteiger partial charge in [-0.1, -0.05) is 6.07 Å². The minimum Gasteiger partial charge on any atom is -0.273 e. The topological polar surface area (TPSA) is 28.7 Å². The summed E-state index contributed by atoms with van der Waals surface area (Å²) in [5.41, 5.74) is -0.585. The fourth-order valence-electron chi connectivity index (χ4n) is 1.44. The van der Waals surface area contributed by atoms with Crippen LogP contribution in [0.15, 0.2) is 29.2 Å². The molecule has 0 unspecified atom stereocenters. The Balaban J connectivity index is 2.38. The molecule has 0 saturated heterocycles. The number of nitrogens with zero attached hydrogens (tertiary/aromatic N) is 1. The van der Waals surface area contributed by atoms with Crippen LogP contribution < -0.4 is 0 Å². The first-order valence-electron chi connectivity index (χ1n) is 4.88. The second-order valence-corrected chi connectivity index (χ2v) is 4.36. The molecule has 1 heterocycles. The van der Waals surface area contributed by atoms with Gasteiger partial charge in [-0.05, 0) is 24.5 Å². The fraction of sp³-hybridized carbons (Fsp3) is 0.182. The molecule has 7 heteroatoms. The van der Waals surface area contributed by atoms with Crippen molar-refractivity contribution in [3.8, 4) is 11.3 Å². The molecule has 0 fully saturated rings. The minimum atomic E-state index is -4.48. The Kier molecular flexibility index (Phi) is 3.34. The van der Waals surface area contributed by atoms with Gasteiger partial charge in [0, 0.05) is 10.5 Å². The summed E-state index contributed by atoms with van der Waals surface area (Å²) >= 11 is 1.23. The third kappa shape index (κ3) is 2.50. The number of H-pyrrole nitrogens is 1. The van der Waals surface area contributed by atoms with Crippen molar-refractivity contribution in [2.75, 3.05) is 6.26 Å². The number of aromatic amines is 1.